The molecule has 0 aromatic rings. The molecule has 0 spiro atoms. The van der Waals surface area contributed by atoms with Crippen molar-refractivity contribution < 1.29 is 9.53 Å². The van der Waals surface area contributed by atoms with Gasteiger partial charge in [0.15, 0.2) is 0 Å². The van der Waals surface area contributed by atoms with Crippen molar-refractivity contribution in [3.05, 3.63) is 0 Å². The van der Waals surface area contributed by atoms with Gasteiger partial charge >= 0.3 is 5.97 Å². The molecule has 3 heteroatoms. The average molecular weight is 171 g/mol. The van der Waals surface area contributed by atoms with Crippen molar-refractivity contribution in [1.82, 2.24) is 4.90 Å². The Morgan fingerprint density at radius 2 is 2.42 bits per heavy atom. The van der Waals surface area contributed by atoms with Crippen LogP contribution in [-0.2, 0) is 9.53 Å². The first-order valence-electron chi connectivity index (χ1n) is 4.60. The Bertz CT molecular complexity index is 159. The number of rotatable bonds is 4. The van der Waals surface area contributed by atoms with Gasteiger partial charge in [-0.3, -0.25) is 4.79 Å². The Balaban J connectivity index is 2.18. The van der Waals surface area contributed by atoms with E-state index in [2.05, 4.69) is 18.9 Å². The van der Waals surface area contributed by atoms with Crippen molar-refractivity contribution >= 4 is 5.97 Å². The summed E-state index contributed by atoms with van der Waals surface area (Å²) in [5, 5.41) is 0. The lowest BCUT2D eigenvalue weighted by Gasteiger charge is -2.18. The molecule has 0 aliphatic carbocycles. The lowest BCUT2D eigenvalue weighted by molar-refractivity contribution is -0.141. The molecule has 0 amide bonds. The van der Waals surface area contributed by atoms with E-state index in [9.17, 15) is 4.79 Å². The molecule has 12 heavy (non-hydrogen) atoms. The minimum atomic E-state index is -0.0371. The van der Waals surface area contributed by atoms with Gasteiger partial charge < -0.3 is 9.64 Å². The molecule has 0 aromatic heterocycles. The number of hydrogen-bond acceptors (Lipinski definition) is 3. The SMILES string of the molecule is CCCN(C)CC1CCC(=O)O1. The molecule has 0 aromatic carbocycles. The molecule has 1 aliphatic heterocycles. The van der Waals surface area contributed by atoms with Crippen LogP contribution in [0.3, 0.4) is 0 Å². The summed E-state index contributed by atoms with van der Waals surface area (Å²) in [5.41, 5.74) is 0. The highest BCUT2D eigenvalue weighted by Gasteiger charge is 2.23. The van der Waals surface area contributed by atoms with E-state index in [1.807, 2.05) is 0 Å². The van der Waals surface area contributed by atoms with Gasteiger partial charge in [0.05, 0.1) is 0 Å². The molecule has 1 saturated heterocycles. The smallest absolute Gasteiger partial charge is 0.306 e. The van der Waals surface area contributed by atoms with Crippen LogP contribution < -0.4 is 0 Å². The van der Waals surface area contributed by atoms with Gasteiger partial charge in [0, 0.05) is 13.0 Å². The summed E-state index contributed by atoms with van der Waals surface area (Å²) in [7, 11) is 2.07. The average Bonchev–Trinajstić information content (AvgIpc) is 2.36. The van der Waals surface area contributed by atoms with Gasteiger partial charge in [0.25, 0.3) is 0 Å². The molecule has 0 radical (unpaired) electrons. The molecule has 1 atom stereocenters. The van der Waals surface area contributed by atoms with Crippen molar-refractivity contribution in [3.63, 3.8) is 0 Å². The van der Waals surface area contributed by atoms with E-state index in [4.69, 9.17) is 4.74 Å². The molecule has 0 bridgehead atoms. The van der Waals surface area contributed by atoms with Crippen LogP contribution in [0.25, 0.3) is 0 Å². The molecule has 3 nitrogen and oxygen atoms in total. The normalized spacial score (nSPS) is 23.2. The van der Waals surface area contributed by atoms with Crippen LogP contribution in [0, 0.1) is 0 Å². The van der Waals surface area contributed by atoms with Gasteiger partial charge in [-0.15, -0.1) is 0 Å². The number of likely N-dealkylation sites (N-methyl/N-ethyl adjacent to an activating group) is 1. The van der Waals surface area contributed by atoms with Crippen molar-refractivity contribution in [2.24, 2.45) is 0 Å². The molecule has 0 N–H and O–H groups in total. The molecule has 1 aliphatic rings. The Kier molecular flexibility index (Phi) is 3.53. The number of ether oxygens (including phenoxy) is 1. The summed E-state index contributed by atoms with van der Waals surface area (Å²) in [6.45, 7) is 4.12. The Hall–Kier alpha value is -0.570. The van der Waals surface area contributed by atoms with E-state index in [1.165, 1.54) is 0 Å². The summed E-state index contributed by atoms with van der Waals surface area (Å²) < 4.78 is 5.10. The third-order valence-electron chi connectivity index (χ3n) is 2.09. The van der Waals surface area contributed by atoms with E-state index < -0.39 is 0 Å². The fourth-order valence-corrected chi connectivity index (χ4v) is 1.53. The van der Waals surface area contributed by atoms with Crippen LogP contribution in [0.5, 0.6) is 0 Å². The highest BCUT2D eigenvalue weighted by atomic mass is 16.5. The highest BCUT2D eigenvalue weighted by molar-refractivity contribution is 5.71. The predicted octanol–water partition coefficient (Wildman–Crippen LogP) is 1.03. The number of cyclic esters (lactones) is 1. The first kappa shape index (κ1) is 9.52. The third kappa shape index (κ3) is 2.81. The molecule has 1 unspecified atom stereocenters. The second-order valence-electron chi connectivity index (χ2n) is 3.41. The lowest BCUT2D eigenvalue weighted by atomic mass is 10.2. The van der Waals surface area contributed by atoms with Crippen molar-refractivity contribution in [3.8, 4) is 0 Å². The van der Waals surface area contributed by atoms with E-state index in [-0.39, 0.29) is 12.1 Å². The van der Waals surface area contributed by atoms with Crippen molar-refractivity contribution in [2.75, 3.05) is 20.1 Å². The maximum atomic E-state index is 10.8. The summed E-state index contributed by atoms with van der Waals surface area (Å²) in [6, 6.07) is 0. The monoisotopic (exact) mass is 171 g/mol. The van der Waals surface area contributed by atoms with Crippen LogP contribution in [-0.4, -0.2) is 37.1 Å². The predicted molar refractivity (Wildman–Crippen MR) is 46.9 cm³/mol. The van der Waals surface area contributed by atoms with Gasteiger partial charge in [-0.2, -0.15) is 0 Å². The van der Waals surface area contributed by atoms with Gasteiger partial charge in [0.1, 0.15) is 6.10 Å². The number of carbonyl (C=O) groups is 1. The minimum Gasteiger partial charge on any atom is -0.461 e. The van der Waals surface area contributed by atoms with E-state index >= 15 is 0 Å². The summed E-state index contributed by atoms with van der Waals surface area (Å²) >= 11 is 0. The van der Waals surface area contributed by atoms with Crippen LogP contribution in [0.2, 0.25) is 0 Å². The zero-order chi connectivity index (χ0) is 8.97. The molecule has 1 rings (SSSR count). The van der Waals surface area contributed by atoms with Crippen LogP contribution >= 0.6 is 0 Å². The van der Waals surface area contributed by atoms with Crippen LogP contribution in [0.4, 0.5) is 0 Å². The quantitative estimate of drug-likeness (QED) is 0.592. The van der Waals surface area contributed by atoms with Gasteiger partial charge in [-0.05, 0) is 26.4 Å². The standard InChI is InChI=1S/C9H17NO2/c1-3-6-10(2)7-8-4-5-9(11)12-8/h8H,3-7H2,1-2H3. The topological polar surface area (TPSA) is 29.5 Å². The van der Waals surface area contributed by atoms with E-state index in [0.717, 1.165) is 25.9 Å². The Labute approximate surface area is 73.7 Å². The zero-order valence-corrected chi connectivity index (χ0v) is 7.88. The first-order chi connectivity index (χ1) is 5.72. The molecular formula is C9H17NO2. The van der Waals surface area contributed by atoms with Gasteiger partial charge in [0.2, 0.25) is 0 Å². The molecule has 1 fully saturated rings. The lowest BCUT2D eigenvalue weighted by Crippen LogP contribution is -2.29. The second-order valence-corrected chi connectivity index (χ2v) is 3.41. The fraction of sp³-hybridized carbons (Fsp3) is 0.889. The van der Waals surface area contributed by atoms with Crippen molar-refractivity contribution in [1.29, 1.82) is 0 Å². The zero-order valence-electron chi connectivity index (χ0n) is 7.88. The first-order valence-corrected chi connectivity index (χ1v) is 4.60. The largest absolute Gasteiger partial charge is 0.461 e. The maximum Gasteiger partial charge on any atom is 0.306 e. The number of esters is 1. The fourth-order valence-electron chi connectivity index (χ4n) is 1.53. The van der Waals surface area contributed by atoms with Crippen molar-refractivity contribution in [2.45, 2.75) is 32.3 Å². The highest BCUT2D eigenvalue weighted by Crippen LogP contribution is 2.14. The number of carbonyl (C=O) groups excluding carboxylic acids is 1. The van der Waals surface area contributed by atoms with E-state index in [0.29, 0.717) is 6.42 Å². The minimum absolute atomic E-state index is 0.0371. The second kappa shape index (κ2) is 4.45. The summed E-state index contributed by atoms with van der Waals surface area (Å²) in [5.74, 6) is -0.0371. The third-order valence-corrected chi connectivity index (χ3v) is 2.09. The summed E-state index contributed by atoms with van der Waals surface area (Å²) in [6.07, 6.45) is 2.79. The number of hydrogen-bond donors (Lipinski definition) is 0. The number of nitrogens with zero attached hydrogens (tertiary/aromatic N) is 1. The summed E-state index contributed by atoms with van der Waals surface area (Å²) in [4.78, 5) is 13.0. The maximum absolute atomic E-state index is 10.8. The van der Waals surface area contributed by atoms with Gasteiger partial charge in [-0.1, -0.05) is 6.92 Å². The molecule has 0 saturated carbocycles. The molecule has 70 valence electrons. The molecule has 1 heterocycles. The molecular weight excluding hydrogens is 154 g/mol. The Morgan fingerprint density at radius 3 is 2.92 bits per heavy atom. The van der Waals surface area contributed by atoms with Crippen LogP contribution in [0.1, 0.15) is 26.2 Å². The van der Waals surface area contributed by atoms with E-state index in [1.54, 1.807) is 0 Å². The van der Waals surface area contributed by atoms with Gasteiger partial charge in [-0.25, -0.2) is 0 Å². The Morgan fingerprint density at radius 1 is 1.67 bits per heavy atom. The van der Waals surface area contributed by atoms with Crippen LogP contribution in [0.15, 0.2) is 0 Å².